The number of ketones is 1. The molecule has 5 nitrogen and oxygen atoms in total. The number of methoxy groups -OCH3 is 1. The van der Waals surface area contributed by atoms with Gasteiger partial charge in [-0.1, -0.05) is 0 Å². The summed E-state index contributed by atoms with van der Waals surface area (Å²) in [5.74, 6) is 2.24. The Bertz CT molecular complexity index is 931. The van der Waals surface area contributed by atoms with Crippen LogP contribution in [-0.2, 0) is 11.2 Å². The summed E-state index contributed by atoms with van der Waals surface area (Å²) in [6.45, 7) is -2.49. The number of aryl methyl sites for hydroxylation is 1. The number of alkyl halides is 2. The molecule has 2 aliphatic rings. The monoisotopic (exact) mass is 434 g/mol. The number of aromatic nitrogens is 2. The van der Waals surface area contributed by atoms with Gasteiger partial charge < -0.3 is 14.4 Å². The van der Waals surface area contributed by atoms with Crippen molar-refractivity contribution in [3.63, 3.8) is 0 Å². The lowest BCUT2D eigenvalue weighted by atomic mass is 9.92. The van der Waals surface area contributed by atoms with Crippen LogP contribution in [-0.4, -0.2) is 46.5 Å². The molecule has 2 fully saturated rings. The number of nitrogens with zero attached hydrogens (tertiary/aromatic N) is 2. The van der Waals surface area contributed by atoms with Crippen LogP contribution in [0.25, 0.3) is 11.0 Å². The largest absolute Gasteiger partial charge is 0.496 e. The number of aliphatic hydroxyl groups is 1. The fraction of sp³-hybridized carbons (Fsp3) is 0.667. The molecule has 1 N–H and O–H groups in total. The fourth-order valence-corrected chi connectivity index (χ4v) is 4.50. The van der Waals surface area contributed by atoms with Crippen molar-refractivity contribution in [2.45, 2.75) is 81.8 Å². The van der Waals surface area contributed by atoms with Crippen LogP contribution >= 0.6 is 0 Å². The molecule has 2 aromatic rings. The van der Waals surface area contributed by atoms with E-state index in [2.05, 4.69) is 16.7 Å². The minimum atomic E-state index is -2.16. The van der Waals surface area contributed by atoms with Crippen molar-refractivity contribution < 1.29 is 23.4 Å². The number of Topliss-reactive ketones (excluding diaryl/α,β-unsaturated/α-hetero) is 1. The van der Waals surface area contributed by atoms with Gasteiger partial charge in [0.05, 0.1) is 18.1 Å². The molecule has 0 saturated heterocycles. The van der Waals surface area contributed by atoms with Gasteiger partial charge in [-0.15, -0.1) is 0 Å². The average Bonchev–Trinajstić information content (AvgIpc) is 3.52. The number of benzene rings is 1. The van der Waals surface area contributed by atoms with Crippen LogP contribution in [0.4, 0.5) is 8.78 Å². The lowest BCUT2D eigenvalue weighted by Crippen LogP contribution is -2.36. The van der Waals surface area contributed by atoms with Gasteiger partial charge in [-0.05, 0) is 62.5 Å². The molecule has 0 radical (unpaired) electrons. The number of fused-ring (bicyclic) bond motifs is 1. The predicted molar refractivity (Wildman–Crippen MR) is 115 cm³/mol. The molecule has 1 aromatic heterocycles. The van der Waals surface area contributed by atoms with Gasteiger partial charge >= 0.3 is 0 Å². The third kappa shape index (κ3) is 4.76. The smallest absolute Gasteiger partial charge is 0.135 e. The van der Waals surface area contributed by atoms with Crippen LogP contribution in [0.1, 0.15) is 81.1 Å². The second-order valence-electron chi connectivity index (χ2n) is 9.25. The number of hydrogen-bond acceptors (Lipinski definition) is 4. The molecule has 2 saturated carbocycles. The number of carbonyl (C=O) groups is 1. The van der Waals surface area contributed by atoms with Crippen molar-refractivity contribution in [1.82, 2.24) is 9.55 Å². The predicted octanol–water partition coefficient (Wildman–Crippen LogP) is 4.99. The fourth-order valence-electron chi connectivity index (χ4n) is 4.50. The Morgan fingerprint density at radius 1 is 1.23 bits per heavy atom. The summed E-state index contributed by atoms with van der Waals surface area (Å²) in [6.07, 6.45) is 7.83. The summed E-state index contributed by atoms with van der Waals surface area (Å²) < 4.78 is 33.5. The van der Waals surface area contributed by atoms with Crippen molar-refractivity contribution in [3.8, 4) is 5.75 Å². The molecule has 7 heteroatoms. The van der Waals surface area contributed by atoms with E-state index in [1.165, 1.54) is 30.3 Å². The Balaban J connectivity index is 1.45. The first-order chi connectivity index (χ1) is 15.0. The Morgan fingerprint density at radius 3 is 2.55 bits per heavy atom. The van der Waals surface area contributed by atoms with E-state index in [9.17, 15) is 18.7 Å². The SMILES string of the molecule is COc1cc2nc(CCCCC(=O)CC(O)(CF)CF)n(C3CCC3)c2cc1C1CC1. The van der Waals surface area contributed by atoms with Gasteiger partial charge in [-0.25, -0.2) is 13.8 Å². The third-order valence-corrected chi connectivity index (χ3v) is 6.70. The van der Waals surface area contributed by atoms with E-state index in [-0.39, 0.29) is 12.2 Å². The van der Waals surface area contributed by atoms with Crippen molar-refractivity contribution >= 4 is 16.8 Å². The number of hydrogen-bond donors (Lipinski definition) is 1. The third-order valence-electron chi connectivity index (χ3n) is 6.70. The Labute approximate surface area is 181 Å². The molecule has 0 bridgehead atoms. The van der Waals surface area contributed by atoms with Crippen LogP contribution < -0.4 is 4.74 Å². The van der Waals surface area contributed by atoms with Gasteiger partial charge in [0.2, 0.25) is 0 Å². The number of unbranched alkanes of at least 4 members (excludes halogenated alkanes) is 1. The molecule has 0 spiro atoms. The summed E-state index contributed by atoms with van der Waals surface area (Å²) >= 11 is 0. The molecule has 2 aliphatic carbocycles. The minimum Gasteiger partial charge on any atom is -0.496 e. The first-order valence-electron chi connectivity index (χ1n) is 11.4. The molecule has 170 valence electrons. The average molecular weight is 435 g/mol. The molecule has 0 amide bonds. The number of ether oxygens (including phenoxy) is 1. The van der Waals surface area contributed by atoms with Gasteiger partial charge in [0.25, 0.3) is 0 Å². The van der Waals surface area contributed by atoms with E-state index in [1.54, 1.807) is 7.11 Å². The highest BCUT2D eigenvalue weighted by atomic mass is 19.1. The highest BCUT2D eigenvalue weighted by molar-refractivity contribution is 5.80. The van der Waals surface area contributed by atoms with Crippen molar-refractivity contribution in [2.24, 2.45) is 0 Å². The van der Waals surface area contributed by atoms with Gasteiger partial charge in [-0.2, -0.15) is 0 Å². The summed E-state index contributed by atoms with van der Waals surface area (Å²) in [6, 6.07) is 4.80. The quantitative estimate of drug-likeness (QED) is 0.478. The normalized spacial score (nSPS) is 17.2. The maximum absolute atomic E-state index is 12.7. The number of halogens is 2. The standard InChI is InChI=1S/C24H32F2N2O3/c1-31-22-12-20-21(11-19(22)16-9-10-16)28(17-5-4-6-17)23(27-20)8-3-2-7-18(29)13-24(30,14-25)15-26/h11-12,16-17,30H,2-10,13-15H2,1H3. The van der Waals surface area contributed by atoms with Gasteiger partial charge in [-0.3, -0.25) is 4.79 Å². The molecule has 4 rings (SSSR count). The van der Waals surface area contributed by atoms with E-state index >= 15 is 0 Å². The molecule has 0 aliphatic heterocycles. The number of rotatable bonds is 12. The van der Waals surface area contributed by atoms with Crippen LogP contribution in [0.5, 0.6) is 5.75 Å². The van der Waals surface area contributed by atoms with Crippen molar-refractivity contribution in [1.29, 1.82) is 0 Å². The van der Waals surface area contributed by atoms with Crippen LogP contribution in [0.2, 0.25) is 0 Å². The summed E-state index contributed by atoms with van der Waals surface area (Å²) in [5.41, 5.74) is 1.25. The summed E-state index contributed by atoms with van der Waals surface area (Å²) in [4.78, 5) is 16.9. The van der Waals surface area contributed by atoms with Gasteiger partial charge in [0.1, 0.15) is 36.3 Å². The number of carbonyl (C=O) groups excluding carboxylic acids is 1. The minimum absolute atomic E-state index is 0.214. The van der Waals surface area contributed by atoms with Crippen molar-refractivity contribution in [2.75, 3.05) is 20.5 Å². The molecule has 0 unspecified atom stereocenters. The van der Waals surface area contributed by atoms with Crippen molar-refractivity contribution in [3.05, 3.63) is 23.5 Å². The van der Waals surface area contributed by atoms with Gasteiger partial charge in [0, 0.05) is 31.4 Å². The second-order valence-corrected chi connectivity index (χ2v) is 9.25. The second kappa shape index (κ2) is 9.23. The lowest BCUT2D eigenvalue weighted by Gasteiger charge is -2.29. The van der Waals surface area contributed by atoms with E-state index < -0.39 is 25.4 Å². The molecule has 0 atom stereocenters. The molecular formula is C24H32F2N2O3. The first kappa shape index (κ1) is 22.2. The molecule has 1 heterocycles. The van der Waals surface area contributed by atoms with E-state index in [4.69, 9.17) is 9.72 Å². The molecule has 1 aromatic carbocycles. The van der Waals surface area contributed by atoms with Crippen LogP contribution in [0.3, 0.4) is 0 Å². The zero-order valence-electron chi connectivity index (χ0n) is 18.2. The molecule has 31 heavy (non-hydrogen) atoms. The van der Waals surface area contributed by atoms with E-state index in [0.717, 1.165) is 42.8 Å². The zero-order valence-corrected chi connectivity index (χ0v) is 18.2. The van der Waals surface area contributed by atoms with E-state index in [0.29, 0.717) is 18.4 Å². The molecular weight excluding hydrogens is 402 g/mol. The highest BCUT2D eigenvalue weighted by Gasteiger charge is 2.31. The Kier molecular flexibility index (Phi) is 6.60. The lowest BCUT2D eigenvalue weighted by molar-refractivity contribution is -0.125. The maximum atomic E-state index is 12.7. The Morgan fingerprint density at radius 2 is 1.97 bits per heavy atom. The zero-order chi connectivity index (χ0) is 22.0. The van der Waals surface area contributed by atoms with Gasteiger partial charge in [0.15, 0.2) is 0 Å². The highest BCUT2D eigenvalue weighted by Crippen LogP contribution is 2.46. The number of imidazole rings is 1. The first-order valence-corrected chi connectivity index (χ1v) is 11.4. The van der Waals surface area contributed by atoms with E-state index in [1.807, 2.05) is 0 Å². The Hall–Kier alpha value is -2.02. The topological polar surface area (TPSA) is 64.3 Å². The van der Waals surface area contributed by atoms with Crippen LogP contribution in [0.15, 0.2) is 12.1 Å². The maximum Gasteiger partial charge on any atom is 0.135 e. The van der Waals surface area contributed by atoms with Crippen LogP contribution in [0, 0.1) is 0 Å². The summed E-state index contributed by atoms with van der Waals surface area (Å²) in [5, 5.41) is 9.66. The summed E-state index contributed by atoms with van der Waals surface area (Å²) in [7, 11) is 1.71.